The predicted molar refractivity (Wildman–Crippen MR) is 157 cm³/mol. The van der Waals surface area contributed by atoms with E-state index in [1.54, 1.807) is 0 Å². The molecule has 42 heavy (non-hydrogen) atoms. The Balaban J connectivity index is 1.65. The summed E-state index contributed by atoms with van der Waals surface area (Å²) in [6.45, 7) is 3.93. The van der Waals surface area contributed by atoms with Crippen molar-refractivity contribution < 1.29 is 26.3 Å². The second-order valence-electron chi connectivity index (χ2n) is 10.4. The van der Waals surface area contributed by atoms with Crippen LogP contribution >= 0.6 is 0 Å². The van der Waals surface area contributed by atoms with Gasteiger partial charge in [-0.15, -0.1) is 0 Å². The first-order chi connectivity index (χ1) is 19.9. The first-order valence-electron chi connectivity index (χ1n) is 13.3. The van der Waals surface area contributed by atoms with Gasteiger partial charge in [0.05, 0.1) is 11.1 Å². The fourth-order valence-electron chi connectivity index (χ4n) is 5.82. The van der Waals surface area contributed by atoms with Gasteiger partial charge in [-0.2, -0.15) is 26.3 Å². The lowest BCUT2D eigenvalue weighted by molar-refractivity contribution is -0.138. The summed E-state index contributed by atoms with van der Waals surface area (Å²) in [5.74, 6) is 0. The zero-order chi connectivity index (χ0) is 29.8. The van der Waals surface area contributed by atoms with E-state index in [0.29, 0.717) is 11.1 Å². The van der Waals surface area contributed by atoms with Crippen molar-refractivity contribution >= 4 is 21.5 Å². The molecule has 0 N–H and O–H groups in total. The predicted octanol–water partition coefficient (Wildman–Crippen LogP) is 11.6. The lowest BCUT2D eigenvalue weighted by Gasteiger charge is -2.22. The Morgan fingerprint density at radius 1 is 0.429 bits per heavy atom. The van der Waals surface area contributed by atoms with E-state index >= 15 is 0 Å². The molecule has 0 amide bonds. The quantitative estimate of drug-likeness (QED) is 0.186. The molecule has 6 aromatic rings. The second kappa shape index (κ2) is 10.1. The molecule has 0 saturated heterocycles. The zero-order valence-electron chi connectivity index (χ0n) is 22.7. The minimum atomic E-state index is -4.43. The maximum absolute atomic E-state index is 13.3. The van der Waals surface area contributed by atoms with Crippen LogP contribution in [-0.4, -0.2) is 0 Å². The Bertz CT molecular complexity index is 1800. The molecule has 0 aliphatic rings. The molecule has 0 heterocycles. The van der Waals surface area contributed by atoms with E-state index in [2.05, 4.69) is 0 Å². The number of hydrogen-bond acceptors (Lipinski definition) is 0. The van der Waals surface area contributed by atoms with Gasteiger partial charge < -0.3 is 0 Å². The number of benzene rings is 6. The average Bonchev–Trinajstić information content (AvgIpc) is 2.96. The number of rotatable bonds is 3. The molecule has 0 radical (unpaired) electrons. The molecule has 0 aromatic heterocycles. The minimum Gasteiger partial charge on any atom is -0.166 e. The molecule has 0 aliphatic heterocycles. The topological polar surface area (TPSA) is 0 Å². The highest BCUT2D eigenvalue weighted by atomic mass is 19.4. The van der Waals surface area contributed by atoms with Crippen molar-refractivity contribution in [3.63, 3.8) is 0 Å². The van der Waals surface area contributed by atoms with Gasteiger partial charge in [0.2, 0.25) is 0 Å². The van der Waals surface area contributed by atoms with E-state index < -0.39 is 23.5 Å². The van der Waals surface area contributed by atoms with Crippen LogP contribution in [0.15, 0.2) is 109 Å². The Morgan fingerprint density at radius 2 is 0.762 bits per heavy atom. The van der Waals surface area contributed by atoms with Gasteiger partial charge in [-0.3, -0.25) is 0 Å². The Kier molecular flexibility index (Phi) is 6.60. The Hall–Kier alpha value is -4.58. The van der Waals surface area contributed by atoms with E-state index in [1.807, 2.05) is 74.5 Å². The van der Waals surface area contributed by atoms with Crippen LogP contribution in [-0.2, 0) is 12.4 Å². The lowest BCUT2D eigenvalue weighted by atomic mass is 9.82. The molecule has 6 heteroatoms. The van der Waals surface area contributed by atoms with Crippen LogP contribution in [0.2, 0.25) is 0 Å². The summed E-state index contributed by atoms with van der Waals surface area (Å²) < 4.78 is 79.7. The monoisotopic (exact) mass is 570 g/mol. The summed E-state index contributed by atoms with van der Waals surface area (Å²) in [6, 6.07) is 30.1. The third kappa shape index (κ3) is 4.81. The van der Waals surface area contributed by atoms with Gasteiger partial charge in [0.15, 0.2) is 0 Å². The summed E-state index contributed by atoms with van der Waals surface area (Å²) in [7, 11) is 0. The van der Waals surface area contributed by atoms with Gasteiger partial charge in [0.25, 0.3) is 0 Å². The van der Waals surface area contributed by atoms with Gasteiger partial charge in [0.1, 0.15) is 0 Å². The first-order valence-corrected chi connectivity index (χ1v) is 13.3. The summed E-state index contributed by atoms with van der Waals surface area (Å²) in [5, 5.41) is 3.81. The van der Waals surface area contributed by atoms with Crippen LogP contribution in [0.5, 0.6) is 0 Å². The maximum atomic E-state index is 13.3. The van der Waals surface area contributed by atoms with E-state index in [-0.39, 0.29) is 0 Å². The Labute approximate surface area is 238 Å². The van der Waals surface area contributed by atoms with Crippen LogP contribution in [0.4, 0.5) is 26.3 Å². The van der Waals surface area contributed by atoms with Gasteiger partial charge in [0, 0.05) is 0 Å². The first kappa shape index (κ1) is 27.6. The van der Waals surface area contributed by atoms with Crippen molar-refractivity contribution in [2.24, 2.45) is 0 Å². The molecule has 0 unspecified atom stereocenters. The second-order valence-corrected chi connectivity index (χ2v) is 10.4. The molecular weight excluding hydrogens is 546 g/mol. The highest BCUT2D eigenvalue weighted by molar-refractivity contribution is 6.11. The van der Waals surface area contributed by atoms with Crippen LogP contribution in [0.25, 0.3) is 54.9 Å². The highest BCUT2D eigenvalue weighted by Crippen LogP contribution is 2.45. The van der Waals surface area contributed by atoms with Crippen molar-refractivity contribution in [2.75, 3.05) is 0 Å². The molecule has 0 atom stereocenters. The average molecular weight is 571 g/mol. The largest absolute Gasteiger partial charge is 0.416 e. The van der Waals surface area contributed by atoms with Gasteiger partial charge in [-0.1, -0.05) is 72.8 Å². The molecule has 0 nitrogen and oxygen atoms in total. The summed E-state index contributed by atoms with van der Waals surface area (Å²) >= 11 is 0. The van der Waals surface area contributed by atoms with Crippen LogP contribution < -0.4 is 0 Å². The van der Waals surface area contributed by atoms with Crippen molar-refractivity contribution in [1.29, 1.82) is 0 Å². The van der Waals surface area contributed by atoms with E-state index in [9.17, 15) is 26.3 Å². The normalized spacial score (nSPS) is 12.3. The van der Waals surface area contributed by atoms with Crippen molar-refractivity contribution in [2.45, 2.75) is 26.2 Å². The fourth-order valence-corrected chi connectivity index (χ4v) is 5.82. The molecular formula is C36H24F6. The minimum absolute atomic E-state index is 0.661. The fraction of sp³-hybridized carbons (Fsp3) is 0.111. The van der Waals surface area contributed by atoms with Crippen LogP contribution in [0.1, 0.15) is 22.3 Å². The standard InChI is InChI=1S/C36H24F6/c1-21-31(23-11-15-27(16-12-23)35(37,38)39)19-25-7-3-5-9-29(25)33(21)34-22(2)32(20-26-8-4-6-10-30(26)34)24-13-17-28(18-14-24)36(40,41)42/h3-20H,1-2H3. The molecule has 210 valence electrons. The molecule has 0 spiro atoms. The van der Waals surface area contributed by atoms with Gasteiger partial charge in [-0.05, 0) is 116 Å². The van der Waals surface area contributed by atoms with Crippen molar-refractivity contribution in [3.05, 3.63) is 131 Å². The number of alkyl halides is 6. The van der Waals surface area contributed by atoms with E-state index in [1.165, 1.54) is 24.3 Å². The summed E-state index contributed by atoms with van der Waals surface area (Å²) in [6.07, 6.45) is -8.87. The van der Waals surface area contributed by atoms with Crippen molar-refractivity contribution in [3.8, 4) is 33.4 Å². The van der Waals surface area contributed by atoms with Crippen molar-refractivity contribution in [1.82, 2.24) is 0 Å². The third-order valence-electron chi connectivity index (χ3n) is 7.91. The van der Waals surface area contributed by atoms with E-state index in [4.69, 9.17) is 0 Å². The molecule has 6 aromatic carbocycles. The summed E-state index contributed by atoms with van der Waals surface area (Å²) in [5.41, 5.74) is 5.17. The summed E-state index contributed by atoms with van der Waals surface area (Å²) in [4.78, 5) is 0. The molecule has 0 bridgehead atoms. The molecule has 0 saturated carbocycles. The van der Waals surface area contributed by atoms with Crippen LogP contribution in [0.3, 0.4) is 0 Å². The third-order valence-corrected chi connectivity index (χ3v) is 7.91. The number of hydrogen-bond donors (Lipinski definition) is 0. The SMILES string of the molecule is Cc1c(-c2ccc(C(F)(F)F)cc2)cc2ccccc2c1-c1c(C)c(-c2ccc(C(F)(F)F)cc2)cc2ccccc12. The molecule has 0 aliphatic carbocycles. The molecule has 6 rings (SSSR count). The number of fused-ring (bicyclic) bond motifs is 2. The maximum Gasteiger partial charge on any atom is 0.416 e. The lowest BCUT2D eigenvalue weighted by Crippen LogP contribution is -2.04. The van der Waals surface area contributed by atoms with Gasteiger partial charge >= 0.3 is 12.4 Å². The molecule has 0 fully saturated rings. The van der Waals surface area contributed by atoms with Gasteiger partial charge in [-0.25, -0.2) is 0 Å². The number of halogens is 6. The van der Waals surface area contributed by atoms with E-state index in [0.717, 1.165) is 79.2 Å². The Morgan fingerprint density at radius 3 is 1.10 bits per heavy atom. The smallest absolute Gasteiger partial charge is 0.166 e. The zero-order valence-corrected chi connectivity index (χ0v) is 22.7. The van der Waals surface area contributed by atoms with Crippen LogP contribution in [0, 0.1) is 13.8 Å². The highest BCUT2D eigenvalue weighted by Gasteiger charge is 2.31.